The molecule has 4 fully saturated rings. The van der Waals surface area contributed by atoms with Crippen LogP contribution < -0.4 is 20.3 Å². The first kappa shape index (κ1) is 66.5. The molecule has 27 heteroatoms. The van der Waals surface area contributed by atoms with Gasteiger partial charge in [-0.1, -0.05) is 45.0 Å². The Labute approximate surface area is 531 Å². The van der Waals surface area contributed by atoms with E-state index < -0.39 is 93.0 Å². The number of pyridine rings is 1. The number of hydrogen-bond acceptors (Lipinski definition) is 17. The Balaban J connectivity index is 0.682. The van der Waals surface area contributed by atoms with Gasteiger partial charge in [-0.15, -0.1) is 11.3 Å². The Morgan fingerprint density at radius 2 is 1.62 bits per heavy atom. The van der Waals surface area contributed by atoms with Crippen LogP contribution in [0, 0.1) is 29.9 Å². The van der Waals surface area contributed by atoms with Gasteiger partial charge in [-0.05, 0) is 109 Å². The summed E-state index contributed by atoms with van der Waals surface area (Å²) < 4.78 is 89.4. The highest BCUT2D eigenvalue weighted by atomic mass is 32.2. The molecule has 3 amide bonds. The number of halogens is 3. The number of carbonyl (C=O) groups is 5. The number of aromatic nitrogens is 3. The number of rotatable bonds is 24. The van der Waals surface area contributed by atoms with Gasteiger partial charge in [0, 0.05) is 107 Å². The third kappa shape index (κ3) is 16.1. The second kappa shape index (κ2) is 29.1. The van der Waals surface area contributed by atoms with Crippen molar-refractivity contribution in [3.05, 3.63) is 118 Å². The fourth-order valence-corrected chi connectivity index (χ4v) is 14.2. The summed E-state index contributed by atoms with van der Waals surface area (Å²) in [7, 11) is -2.85. The van der Waals surface area contributed by atoms with Crippen molar-refractivity contribution in [2.45, 2.75) is 90.9 Å². The van der Waals surface area contributed by atoms with E-state index in [1.807, 2.05) is 74.9 Å². The number of aryl methyl sites for hydroxylation is 1. The van der Waals surface area contributed by atoms with Crippen LogP contribution in [0.5, 0.6) is 0 Å². The minimum atomic E-state index is -4.38. The number of aliphatic hydroxyl groups excluding tert-OH is 1. The van der Waals surface area contributed by atoms with Gasteiger partial charge in [-0.25, -0.2) is 27.9 Å². The summed E-state index contributed by atoms with van der Waals surface area (Å²) in [5, 5.41) is 17.2. The Hall–Kier alpha value is -7.37. The minimum Gasteiger partial charge on any atom is -0.459 e. The number of ether oxygens (including phenoxy) is 3. The summed E-state index contributed by atoms with van der Waals surface area (Å²) in [6.45, 7) is 12.9. The maximum Gasteiger partial charge on any atom is 0.332 e. The van der Waals surface area contributed by atoms with Gasteiger partial charge in [-0.2, -0.15) is 12.7 Å². The standard InChI is InChI=1S/C64H78F3N11O11S2/c1-39-59(90-38-71-39)42-6-7-43(45(26-42)36-89-55(81)37-88-25-24-87-5)29-70-62(83)53-28-48(79)34-78(53)63(84)60(64(2,3)4)72-54(80)35-74-17-14-40(15-18-74)32-75-20-22-76(23-21-75)47-10-8-41(9-11-47)44-27-49-50(31-69-61(49)68-30-44)58(82)56-51(66)12-13-52(57(56)67)73-91(85,86)77-19-16-46(65)33-77/h6-13,26-27,30-31,38,40,46,48,53,60,73,79H,14-25,28-29,32-37H2,1-5H3,(H,68,69)(H,70,83)(H,72,80)/t46-,48-,53+,60-/m1/s1. The zero-order chi connectivity index (χ0) is 64.7. The van der Waals surface area contributed by atoms with Crippen molar-refractivity contribution in [3.8, 4) is 21.6 Å². The number of nitrogens with zero attached hydrogens (tertiary/aromatic N) is 7. The lowest BCUT2D eigenvalue weighted by atomic mass is 9.85. The maximum atomic E-state index is 15.9. The summed E-state index contributed by atoms with van der Waals surface area (Å²) in [6, 6.07) is 15.0. The van der Waals surface area contributed by atoms with Crippen molar-refractivity contribution in [1.82, 2.24) is 44.6 Å². The second-order valence-electron chi connectivity index (χ2n) is 24.8. The van der Waals surface area contributed by atoms with Crippen molar-refractivity contribution in [3.63, 3.8) is 0 Å². The van der Waals surface area contributed by atoms with Crippen LogP contribution in [0.25, 0.3) is 32.6 Å². The molecule has 91 heavy (non-hydrogen) atoms. The maximum absolute atomic E-state index is 15.9. The molecule has 488 valence electrons. The largest absolute Gasteiger partial charge is 0.459 e. The van der Waals surface area contributed by atoms with Gasteiger partial charge in [0.15, 0.2) is 5.82 Å². The van der Waals surface area contributed by atoms with Gasteiger partial charge < -0.3 is 44.7 Å². The number of thiazole rings is 1. The molecule has 0 bridgehead atoms. The molecule has 0 radical (unpaired) electrons. The number of amides is 3. The fourth-order valence-electron chi connectivity index (χ4n) is 12.2. The van der Waals surface area contributed by atoms with E-state index in [2.05, 4.69) is 40.3 Å². The van der Waals surface area contributed by atoms with E-state index in [9.17, 15) is 41.9 Å². The van der Waals surface area contributed by atoms with Gasteiger partial charge in [0.05, 0.1) is 53.2 Å². The third-order valence-corrected chi connectivity index (χ3v) is 19.8. The summed E-state index contributed by atoms with van der Waals surface area (Å²) in [4.78, 5) is 89.7. The van der Waals surface area contributed by atoms with Crippen LogP contribution in [0.3, 0.4) is 0 Å². The van der Waals surface area contributed by atoms with Gasteiger partial charge in [-0.3, -0.25) is 33.7 Å². The number of esters is 1. The highest BCUT2D eigenvalue weighted by molar-refractivity contribution is 7.90. The molecule has 4 aliphatic heterocycles. The van der Waals surface area contributed by atoms with E-state index in [1.54, 1.807) is 17.8 Å². The Kier molecular flexibility index (Phi) is 21.3. The molecule has 4 saturated heterocycles. The molecule has 6 aromatic rings. The average Bonchev–Trinajstić information content (AvgIpc) is 1.80. The first-order chi connectivity index (χ1) is 43.5. The number of fused-ring (bicyclic) bond motifs is 1. The highest BCUT2D eigenvalue weighted by Crippen LogP contribution is 2.34. The number of piperidine rings is 1. The number of aromatic amines is 1. The quantitative estimate of drug-likeness (QED) is 0.0256. The highest BCUT2D eigenvalue weighted by Gasteiger charge is 2.45. The van der Waals surface area contributed by atoms with E-state index in [1.165, 1.54) is 29.5 Å². The molecular formula is C64H78F3N11O11S2. The smallest absolute Gasteiger partial charge is 0.332 e. The predicted octanol–water partition coefficient (Wildman–Crippen LogP) is 6.22. The fraction of sp³-hybridized carbons (Fsp3) is 0.484. The van der Waals surface area contributed by atoms with Crippen molar-refractivity contribution in [2.75, 3.05) is 109 Å². The molecule has 22 nitrogen and oxygen atoms in total. The molecule has 3 aromatic heterocycles. The SMILES string of the molecule is COCCOCC(=O)OCc1cc(-c2scnc2C)ccc1CNC(=O)[C@@H]1C[C@@H](O)CN1C(=O)[C@@H](NC(=O)CN1CCC(CN2CCN(c3ccc(-c4cnc5[nH]cc(C(=O)c6c(F)ccc(NS(=O)(=O)N7CC[C@@H](F)C7)c6F)c5c4)cc3)CC2)CC1)C(C)(C)C. The molecule has 0 spiro atoms. The summed E-state index contributed by atoms with van der Waals surface area (Å²) in [5.41, 5.74) is 5.19. The van der Waals surface area contributed by atoms with Gasteiger partial charge in [0.2, 0.25) is 23.5 Å². The molecule has 4 atom stereocenters. The first-order valence-corrected chi connectivity index (χ1v) is 32.9. The number of benzene rings is 3. The molecule has 3 aromatic carbocycles. The topological polar surface area (TPSA) is 261 Å². The van der Waals surface area contributed by atoms with Crippen molar-refractivity contribution in [2.24, 2.45) is 11.3 Å². The lowest BCUT2D eigenvalue weighted by Gasteiger charge is -2.40. The molecular weight excluding hydrogens is 1220 g/mol. The normalized spacial score (nSPS) is 19.2. The lowest BCUT2D eigenvalue weighted by molar-refractivity contribution is -0.150. The summed E-state index contributed by atoms with van der Waals surface area (Å²) >= 11 is 1.48. The van der Waals surface area contributed by atoms with Crippen LogP contribution in [-0.4, -0.2) is 200 Å². The number of H-pyrrole nitrogens is 1. The predicted molar refractivity (Wildman–Crippen MR) is 337 cm³/mol. The summed E-state index contributed by atoms with van der Waals surface area (Å²) in [5.74, 6) is -4.96. The van der Waals surface area contributed by atoms with E-state index >= 15 is 8.78 Å². The number of likely N-dealkylation sites (tertiary alicyclic amines) is 2. The van der Waals surface area contributed by atoms with Crippen molar-refractivity contribution >= 4 is 73.4 Å². The van der Waals surface area contributed by atoms with Crippen LogP contribution in [0.15, 0.2) is 78.6 Å². The van der Waals surface area contributed by atoms with Crippen molar-refractivity contribution in [1.29, 1.82) is 0 Å². The average molecular weight is 1300 g/mol. The lowest BCUT2D eigenvalue weighted by Crippen LogP contribution is -2.59. The van der Waals surface area contributed by atoms with Crippen molar-refractivity contribution < 1.29 is 64.9 Å². The molecule has 7 heterocycles. The van der Waals surface area contributed by atoms with Gasteiger partial charge in [0.1, 0.15) is 42.9 Å². The minimum absolute atomic E-state index is 0.0116. The molecule has 0 unspecified atom stereocenters. The first-order valence-electron chi connectivity index (χ1n) is 30.6. The summed E-state index contributed by atoms with van der Waals surface area (Å²) in [6.07, 6.45) is 2.42. The molecule has 5 N–H and O–H groups in total. The number of aliphatic hydroxyl groups is 1. The van der Waals surface area contributed by atoms with Crippen LogP contribution in [-0.2, 0) is 56.7 Å². The second-order valence-corrected chi connectivity index (χ2v) is 27.3. The molecule has 10 rings (SSSR count). The van der Waals surface area contributed by atoms with Gasteiger partial charge >= 0.3 is 16.2 Å². The third-order valence-electron chi connectivity index (χ3n) is 17.3. The monoisotopic (exact) mass is 1300 g/mol. The zero-order valence-electron chi connectivity index (χ0n) is 51.6. The van der Waals surface area contributed by atoms with E-state index in [0.29, 0.717) is 53.3 Å². The van der Waals surface area contributed by atoms with Crippen LogP contribution in [0.2, 0.25) is 0 Å². The van der Waals surface area contributed by atoms with Crippen LogP contribution in [0.4, 0.5) is 24.5 Å². The van der Waals surface area contributed by atoms with E-state index in [0.717, 1.165) is 89.4 Å². The Morgan fingerprint density at radius 1 is 0.868 bits per heavy atom. The number of alkyl halides is 1. The number of β-amino-alcohol motifs (C(OH)–C–C–N with tert-alkyl or cyclic N) is 1. The van der Waals surface area contributed by atoms with Crippen LogP contribution >= 0.6 is 11.3 Å². The molecule has 0 saturated carbocycles. The number of hydrogen-bond donors (Lipinski definition) is 5. The Morgan fingerprint density at radius 3 is 2.31 bits per heavy atom. The van der Waals surface area contributed by atoms with E-state index in [4.69, 9.17) is 14.2 Å². The number of carbonyl (C=O) groups excluding carboxylic acids is 5. The van der Waals surface area contributed by atoms with Gasteiger partial charge in [0.25, 0.3) is 0 Å². The molecule has 4 aliphatic rings. The zero-order valence-corrected chi connectivity index (χ0v) is 53.3. The van der Waals surface area contributed by atoms with Crippen LogP contribution in [0.1, 0.15) is 79.2 Å². The number of methoxy groups -OCH3 is 1. The Bertz CT molecular complexity index is 3720. The number of ketones is 1. The molecule has 0 aliphatic carbocycles. The number of anilines is 2. The van der Waals surface area contributed by atoms with E-state index in [-0.39, 0.29) is 70.3 Å². The number of piperazine rings is 1. The number of nitrogens with one attached hydrogen (secondary N) is 4.